The van der Waals surface area contributed by atoms with E-state index in [-0.39, 0.29) is 0 Å². The number of hydrogen-bond acceptors (Lipinski definition) is 3. The van der Waals surface area contributed by atoms with Gasteiger partial charge in [0, 0.05) is 10.7 Å². The summed E-state index contributed by atoms with van der Waals surface area (Å²) >= 11 is 0. The van der Waals surface area contributed by atoms with Gasteiger partial charge < -0.3 is 10.2 Å². The lowest BCUT2D eigenvalue weighted by Crippen LogP contribution is -2.31. The van der Waals surface area contributed by atoms with Gasteiger partial charge in [0.1, 0.15) is 8.80 Å². The van der Waals surface area contributed by atoms with Gasteiger partial charge in [0.25, 0.3) is 5.95 Å². The molecule has 0 aliphatic rings. The van der Waals surface area contributed by atoms with Crippen molar-refractivity contribution >= 4 is 25.0 Å². The molecule has 1 aromatic carbocycles. The molecule has 0 aliphatic heterocycles. The number of fused-ring (bicyclic) bond motifs is 1. The van der Waals surface area contributed by atoms with Gasteiger partial charge in [-0.25, -0.2) is 0 Å². The molecule has 0 fully saturated rings. The largest absolute Gasteiger partial charge is 0.481 e. The summed E-state index contributed by atoms with van der Waals surface area (Å²) in [6, 6.07) is 13.6. The van der Waals surface area contributed by atoms with E-state index in [9.17, 15) is 0 Å². The smallest absolute Gasteiger partial charge is 0.269 e. The van der Waals surface area contributed by atoms with Crippen molar-refractivity contribution in [2.45, 2.75) is 12.1 Å². The van der Waals surface area contributed by atoms with Crippen LogP contribution in [0.15, 0.2) is 61.1 Å². The van der Waals surface area contributed by atoms with Gasteiger partial charge in [0.2, 0.25) is 0 Å². The van der Waals surface area contributed by atoms with Crippen molar-refractivity contribution in [1.29, 1.82) is 0 Å². The predicted octanol–water partition coefficient (Wildman–Crippen LogP) is 3.08. The van der Waals surface area contributed by atoms with Gasteiger partial charge in [-0.2, -0.15) is 0 Å². The van der Waals surface area contributed by atoms with Crippen LogP contribution in [0.3, 0.4) is 0 Å². The maximum absolute atomic E-state index is 8.87. The Kier molecular flexibility index (Phi) is 4.36. The van der Waals surface area contributed by atoms with Crippen molar-refractivity contribution in [1.82, 2.24) is 4.98 Å². The number of pyridine rings is 1. The molecule has 4 heteroatoms. The molecule has 0 aliphatic carbocycles. The van der Waals surface area contributed by atoms with Gasteiger partial charge in [-0.15, -0.1) is 6.58 Å². The minimum atomic E-state index is -0.984. The summed E-state index contributed by atoms with van der Waals surface area (Å²) in [5.74, 6) is -0.618. The van der Waals surface area contributed by atoms with Crippen LogP contribution in [0.2, 0.25) is 12.1 Å². The van der Waals surface area contributed by atoms with Gasteiger partial charge in [-0.05, 0) is 30.3 Å². The molecule has 1 aromatic heterocycles. The molecule has 3 nitrogen and oxygen atoms in total. The van der Waals surface area contributed by atoms with Gasteiger partial charge in [-0.1, -0.05) is 30.3 Å². The van der Waals surface area contributed by atoms with E-state index >= 15 is 0 Å². The van der Waals surface area contributed by atoms with E-state index in [4.69, 9.17) is 10.2 Å². The highest BCUT2D eigenvalue weighted by atomic mass is 28.3. The molecule has 0 spiro atoms. The van der Waals surface area contributed by atoms with Crippen molar-refractivity contribution < 1.29 is 10.2 Å². The molecule has 97 valence electrons. The summed E-state index contributed by atoms with van der Waals surface area (Å²) in [6.07, 6.45) is 3.31. The van der Waals surface area contributed by atoms with E-state index < -0.39 is 14.7 Å². The molecule has 1 radical (unpaired) electrons. The second kappa shape index (κ2) is 6.20. The minimum absolute atomic E-state index is 0.618. The van der Waals surface area contributed by atoms with Gasteiger partial charge >= 0.3 is 0 Å². The molecule has 0 unspecified atom stereocenters. The summed E-state index contributed by atoms with van der Waals surface area (Å²) in [5, 5.41) is 19.9. The Morgan fingerprint density at radius 2 is 1.95 bits per heavy atom. The molecule has 2 rings (SSSR count). The zero-order valence-electron chi connectivity index (χ0n) is 10.6. The standard InChI is InChI=1S/C15H16NO2Si/c1-2-10-19(11-9-15(17)18)14-8-7-12-5-3-4-6-13(12)16-14/h2-9,17-18H,1,10-11H2. The van der Waals surface area contributed by atoms with Crippen molar-refractivity contribution in [3.8, 4) is 0 Å². The number of aliphatic hydroxyl groups excluding tert-OH is 1. The number of allylic oxidation sites excluding steroid dienone is 2. The van der Waals surface area contributed by atoms with Crippen molar-refractivity contribution in [3.63, 3.8) is 0 Å². The first-order valence-corrected chi connectivity index (χ1v) is 8.02. The van der Waals surface area contributed by atoms with E-state index in [2.05, 4.69) is 17.6 Å². The number of aliphatic hydroxyl groups is 2. The molecule has 2 aromatic rings. The normalized spacial score (nSPS) is 10.6. The molecule has 2 N–H and O–H groups in total. The van der Waals surface area contributed by atoms with Crippen molar-refractivity contribution in [2.24, 2.45) is 0 Å². The van der Waals surface area contributed by atoms with Crippen LogP contribution in [-0.2, 0) is 0 Å². The fourth-order valence-corrected chi connectivity index (χ4v) is 3.90. The third-order valence-corrected chi connectivity index (χ3v) is 5.36. The van der Waals surface area contributed by atoms with Crippen LogP contribution >= 0.6 is 0 Å². The summed E-state index contributed by atoms with van der Waals surface area (Å²) in [7, 11) is -0.984. The Hall–Kier alpha value is -2.07. The van der Waals surface area contributed by atoms with E-state index in [0.717, 1.165) is 22.3 Å². The summed E-state index contributed by atoms with van der Waals surface area (Å²) in [5.41, 5.74) is 0.976. The van der Waals surface area contributed by atoms with Crippen LogP contribution in [0.5, 0.6) is 0 Å². The minimum Gasteiger partial charge on any atom is -0.481 e. The zero-order chi connectivity index (χ0) is 13.7. The van der Waals surface area contributed by atoms with E-state index in [1.807, 2.05) is 36.4 Å². The fourth-order valence-electron chi connectivity index (χ4n) is 1.94. The Balaban J connectivity index is 2.32. The quantitative estimate of drug-likeness (QED) is 0.499. The van der Waals surface area contributed by atoms with E-state index in [0.29, 0.717) is 6.04 Å². The lowest BCUT2D eigenvalue weighted by Gasteiger charge is -2.11. The van der Waals surface area contributed by atoms with Crippen LogP contribution in [0.1, 0.15) is 0 Å². The number of nitrogens with zero attached hydrogens (tertiary/aromatic N) is 1. The second-order valence-corrected chi connectivity index (χ2v) is 6.79. The number of rotatable bonds is 5. The zero-order valence-corrected chi connectivity index (χ0v) is 11.6. The average Bonchev–Trinajstić information content (AvgIpc) is 2.42. The fraction of sp³-hybridized carbons (Fsp3) is 0.133. The highest BCUT2D eigenvalue weighted by Gasteiger charge is 2.14. The first-order chi connectivity index (χ1) is 9.20. The van der Waals surface area contributed by atoms with Crippen molar-refractivity contribution in [2.75, 3.05) is 0 Å². The molecular formula is C15H16NO2Si. The summed E-state index contributed by atoms with van der Waals surface area (Å²) in [6.45, 7) is 3.77. The maximum atomic E-state index is 8.87. The van der Waals surface area contributed by atoms with Crippen LogP contribution in [0.25, 0.3) is 10.9 Å². The first kappa shape index (κ1) is 13.4. The molecule has 0 amide bonds. The Bertz CT molecular complexity index is 606. The Morgan fingerprint density at radius 1 is 1.16 bits per heavy atom. The van der Waals surface area contributed by atoms with Gasteiger partial charge in [0.05, 0.1) is 5.52 Å². The third-order valence-electron chi connectivity index (χ3n) is 2.88. The molecule has 0 saturated carbocycles. The van der Waals surface area contributed by atoms with Crippen LogP contribution in [0.4, 0.5) is 0 Å². The number of benzene rings is 1. The van der Waals surface area contributed by atoms with E-state index in [1.54, 1.807) is 0 Å². The Morgan fingerprint density at radius 3 is 2.68 bits per heavy atom. The monoisotopic (exact) mass is 270 g/mol. The second-order valence-electron chi connectivity index (χ2n) is 4.25. The van der Waals surface area contributed by atoms with E-state index in [1.165, 1.54) is 6.08 Å². The molecule has 0 atom stereocenters. The van der Waals surface area contributed by atoms with Gasteiger partial charge in [-0.3, -0.25) is 4.98 Å². The highest BCUT2D eigenvalue weighted by molar-refractivity contribution is 6.73. The van der Waals surface area contributed by atoms with Crippen LogP contribution < -0.4 is 5.32 Å². The average molecular weight is 270 g/mol. The highest BCUT2D eigenvalue weighted by Crippen LogP contribution is 2.10. The third kappa shape index (κ3) is 3.45. The van der Waals surface area contributed by atoms with Crippen LogP contribution in [0, 0.1) is 0 Å². The SMILES string of the molecule is C=CC[Si](CC=C(O)O)c1ccc2ccccc2n1. The first-order valence-electron chi connectivity index (χ1n) is 6.10. The molecule has 19 heavy (non-hydrogen) atoms. The summed E-state index contributed by atoms with van der Waals surface area (Å²) in [4.78, 5) is 4.68. The number of para-hydroxylation sites is 1. The van der Waals surface area contributed by atoms with Crippen molar-refractivity contribution in [3.05, 3.63) is 61.1 Å². The molecule has 0 saturated heterocycles. The van der Waals surface area contributed by atoms with Crippen LogP contribution in [-0.4, -0.2) is 24.0 Å². The Labute approximate surface area is 114 Å². The predicted molar refractivity (Wildman–Crippen MR) is 80.3 cm³/mol. The lowest BCUT2D eigenvalue weighted by molar-refractivity contribution is 0.190. The topological polar surface area (TPSA) is 53.4 Å². The molecule has 0 bridgehead atoms. The van der Waals surface area contributed by atoms with Gasteiger partial charge in [0.15, 0.2) is 0 Å². The molecular weight excluding hydrogens is 254 g/mol. The summed E-state index contributed by atoms with van der Waals surface area (Å²) < 4.78 is 0. The lowest BCUT2D eigenvalue weighted by atomic mass is 10.2. The number of aromatic nitrogens is 1. The maximum Gasteiger partial charge on any atom is 0.269 e. The number of hydrogen-bond donors (Lipinski definition) is 2. The molecule has 1 heterocycles.